The summed E-state index contributed by atoms with van der Waals surface area (Å²) in [7, 11) is 1.77. The van der Waals surface area contributed by atoms with Crippen molar-refractivity contribution < 1.29 is 9.59 Å². The van der Waals surface area contributed by atoms with Crippen LogP contribution in [-0.2, 0) is 7.05 Å². The minimum atomic E-state index is -0.280. The second-order valence-electron chi connectivity index (χ2n) is 5.74. The van der Waals surface area contributed by atoms with E-state index in [9.17, 15) is 9.59 Å². The van der Waals surface area contributed by atoms with Gasteiger partial charge in [0.05, 0.1) is 4.88 Å². The van der Waals surface area contributed by atoms with Crippen LogP contribution in [0.3, 0.4) is 0 Å². The Morgan fingerprint density at radius 3 is 2.59 bits per heavy atom. The molecule has 0 saturated carbocycles. The Morgan fingerprint density at radius 1 is 1.11 bits per heavy atom. The summed E-state index contributed by atoms with van der Waals surface area (Å²) in [5.74, 6) is -0.0759. The number of carbonyl (C=O) groups is 2. The topological polar surface area (TPSA) is 76.9 Å². The van der Waals surface area contributed by atoms with Crippen LogP contribution in [0.5, 0.6) is 0 Å². The van der Waals surface area contributed by atoms with Crippen LogP contribution in [0.15, 0.2) is 59.6 Å². The summed E-state index contributed by atoms with van der Waals surface area (Å²) in [5, 5.41) is 7.35. The van der Waals surface area contributed by atoms with E-state index in [4.69, 9.17) is 0 Å². The molecule has 0 saturated heterocycles. The molecule has 0 aliphatic rings. The van der Waals surface area contributed by atoms with Gasteiger partial charge < -0.3 is 9.88 Å². The Kier molecular flexibility index (Phi) is 4.66. The number of nitrogens with one attached hydrogen (secondary N) is 1. The van der Waals surface area contributed by atoms with E-state index < -0.39 is 0 Å². The van der Waals surface area contributed by atoms with Crippen LogP contribution in [0.1, 0.15) is 26.7 Å². The zero-order chi connectivity index (χ0) is 18.8. The first-order chi connectivity index (χ1) is 13.1. The molecule has 0 fully saturated rings. The summed E-state index contributed by atoms with van der Waals surface area (Å²) >= 11 is 3.02. The number of thiazole rings is 1. The van der Waals surface area contributed by atoms with Gasteiger partial charge in [-0.2, -0.15) is 0 Å². The standard InChI is InChI=1S/C19H14N4O2S2/c1-23-9-8-20-17(23)16(24)12-4-6-13(7-5-12)21-18(25)14-11-27-19(22-14)15-3-2-10-26-15/h2-11H,1H3,(H,21,25). The lowest BCUT2D eigenvalue weighted by Crippen LogP contribution is -2.13. The molecule has 1 N–H and O–H groups in total. The number of amides is 1. The van der Waals surface area contributed by atoms with Crippen LogP contribution in [0, 0.1) is 0 Å². The maximum absolute atomic E-state index is 12.4. The van der Waals surface area contributed by atoms with Crippen molar-refractivity contribution in [3.8, 4) is 9.88 Å². The fraction of sp³-hybridized carbons (Fsp3) is 0.0526. The van der Waals surface area contributed by atoms with Crippen molar-refractivity contribution in [2.45, 2.75) is 0 Å². The number of rotatable bonds is 5. The second kappa shape index (κ2) is 7.26. The number of hydrogen-bond acceptors (Lipinski definition) is 6. The van der Waals surface area contributed by atoms with Crippen molar-refractivity contribution >= 4 is 40.1 Å². The molecule has 0 spiro atoms. The van der Waals surface area contributed by atoms with E-state index in [-0.39, 0.29) is 11.7 Å². The quantitative estimate of drug-likeness (QED) is 0.517. The highest BCUT2D eigenvalue weighted by atomic mass is 32.1. The Bertz CT molecular complexity index is 1100. The van der Waals surface area contributed by atoms with E-state index in [0.29, 0.717) is 22.8 Å². The number of hydrogen-bond donors (Lipinski definition) is 1. The molecule has 1 aromatic carbocycles. The normalized spacial score (nSPS) is 10.7. The molecule has 0 aliphatic heterocycles. The summed E-state index contributed by atoms with van der Waals surface area (Å²) in [4.78, 5) is 34.3. The first-order valence-corrected chi connectivity index (χ1v) is 9.80. The van der Waals surface area contributed by atoms with Crippen molar-refractivity contribution in [2.75, 3.05) is 5.32 Å². The molecule has 0 aliphatic carbocycles. The van der Waals surface area contributed by atoms with Gasteiger partial charge >= 0.3 is 0 Å². The van der Waals surface area contributed by atoms with Gasteiger partial charge in [0.2, 0.25) is 5.78 Å². The molecule has 6 nitrogen and oxygen atoms in total. The zero-order valence-electron chi connectivity index (χ0n) is 14.2. The van der Waals surface area contributed by atoms with Crippen LogP contribution in [0.4, 0.5) is 5.69 Å². The van der Waals surface area contributed by atoms with Crippen LogP contribution < -0.4 is 5.32 Å². The number of aryl methyl sites for hydroxylation is 1. The second-order valence-corrected chi connectivity index (χ2v) is 7.54. The molecule has 3 aromatic heterocycles. The molecule has 27 heavy (non-hydrogen) atoms. The van der Waals surface area contributed by atoms with Gasteiger partial charge in [0.25, 0.3) is 5.91 Å². The van der Waals surface area contributed by atoms with Crippen molar-refractivity contribution in [3.63, 3.8) is 0 Å². The van der Waals surface area contributed by atoms with Gasteiger partial charge in [0, 0.05) is 36.1 Å². The lowest BCUT2D eigenvalue weighted by Gasteiger charge is -2.05. The number of carbonyl (C=O) groups excluding carboxylic acids is 2. The summed E-state index contributed by atoms with van der Waals surface area (Å²) < 4.78 is 1.67. The molecule has 1 amide bonds. The molecule has 134 valence electrons. The van der Waals surface area contributed by atoms with Gasteiger partial charge in [0.15, 0.2) is 5.82 Å². The lowest BCUT2D eigenvalue weighted by atomic mass is 10.1. The Labute approximate surface area is 163 Å². The average Bonchev–Trinajstić information content (AvgIpc) is 3.42. The van der Waals surface area contributed by atoms with Crippen LogP contribution in [0.2, 0.25) is 0 Å². The lowest BCUT2D eigenvalue weighted by molar-refractivity contribution is 0.101. The number of thiophene rings is 1. The molecule has 8 heteroatoms. The molecule has 0 atom stereocenters. The molecule has 3 heterocycles. The molecule has 0 bridgehead atoms. The number of benzene rings is 1. The largest absolute Gasteiger partial charge is 0.331 e. The van der Waals surface area contributed by atoms with Gasteiger partial charge in [-0.25, -0.2) is 9.97 Å². The molecule has 0 unspecified atom stereocenters. The Balaban J connectivity index is 1.46. The SMILES string of the molecule is Cn1ccnc1C(=O)c1ccc(NC(=O)c2csc(-c3cccs3)n2)cc1. The first-order valence-electron chi connectivity index (χ1n) is 8.04. The van der Waals surface area contributed by atoms with Crippen LogP contribution >= 0.6 is 22.7 Å². The number of nitrogens with zero attached hydrogens (tertiary/aromatic N) is 3. The molecule has 0 radical (unpaired) electrons. The summed E-state index contributed by atoms with van der Waals surface area (Å²) in [6.07, 6.45) is 3.31. The van der Waals surface area contributed by atoms with Crippen molar-refractivity contribution in [1.29, 1.82) is 0 Å². The third-order valence-electron chi connectivity index (χ3n) is 3.90. The highest BCUT2D eigenvalue weighted by molar-refractivity contribution is 7.20. The maximum atomic E-state index is 12.4. The van der Waals surface area contributed by atoms with Crippen LogP contribution in [0.25, 0.3) is 9.88 Å². The fourth-order valence-electron chi connectivity index (χ4n) is 2.51. The minimum absolute atomic E-state index is 0.166. The highest BCUT2D eigenvalue weighted by Crippen LogP contribution is 2.28. The predicted molar refractivity (Wildman–Crippen MR) is 106 cm³/mol. The number of ketones is 1. The molecule has 4 aromatic rings. The van der Waals surface area contributed by atoms with Gasteiger partial charge in [0.1, 0.15) is 10.7 Å². The maximum Gasteiger partial charge on any atom is 0.275 e. The molecular weight excluding hydrogens is 380 g/mol. The highest BCUT2D eigenvalue weighted by Gasteiger charge is 2.15. The third-order valence-corrected chi connectivity index (χ3v) is 5.78. The summed E-state index contributed by atoms with van der Waals surface area (Å²) in [5.41, 5.74) is 1.48. The average molecular weight is 394 g/mol. The number of aromatic nitrogens is 3. The Morgan fingerprint density at radius 2 is 1.93 bits per heavy atom. The fourth-order valence-corrected chi connectivity index (χ4v) is 4.12. The van der Waals surface area contributed by atoms with E-state index in [0.717, 1.165) is 9.88 Å². The summed E-state index contributed by atoms with van der Waals surface area (Å²) in [6.45, 7) is 0. The van der Waals surface area contributed by atoms with E-state index in [1.807, 2.05) is 17.5 Å². The van der Waals surface area contributed by atoms with Gasteiger partial charge in [-0.15, -0.1) is 22.7 Å². The van der Waals surface area contributed by atoms with Gasteiger partial charge in [-0.3, -0.25) is 9.59 Å². The van der Waals surface area contributed by atoms with Crippen molar-refractivity contribution in [1.82, 2.24) is 14.5 Å². The minimum Gasteiger partial charge on any atom is -0.331 e. The number of imidazole rings is 1. The van der Waals surface area contributed by atoms with Crippen LogP contribution in [-0.4, -0.2) is 26.2 Å². The van der Waals surface area contributed by atoms with Gasteiger partial charge in [-0.1, -0.05) is 6.07 Å². The molecule has 4 rings (SSSR count). The van der Waals surface area contributed by atoms with E-state index in [1.165, 1.54) is 11.3 Å². The van der Waals surface area contributed by atoms with Crippen molar-refractivity contribution in [2.24, 2.45) is 7.05 Å². The van der Waals surface area contributed by atoms with E-state index in [1.54, 1.807) is 65.0 Å². The number of anilines is 1. The first kappa shape index (κ1) is 17.3. The smallest absolute Gasteiger partial charge is 0.275 e. The predicted octanol–water partition coefficient (Wildman–Crippen LogP) is 4.09. The monoisotopic (exact) mass is 394 g/mol. The third kappa shape index (κ3) is 3.57. The Hall–Kier alpha value is -3.10. The summed E-state index contributed by atoms with van der Waals surface area (Å²) in [6, 6.07) is 10.7. The van der Waals surface area contributed by atoms with Gasteiger partial charge in [-0.05, 0) is 35.7 Å². The zero-order valence-corrected chi connectivity index (χ0v) is 15.9. The van der Waals surface area contributed by atoms with Crippen molar-refractivity contribution in [3.05, 3.63) is 76.6 Å². The van der Waals surface area contributed by atoms with E-state index in [2.05, 4.69) is 15.3 Å². The molecular formula is C19H14N4O2S2. The van der Waals surface area contributed by atoms with E-state index >= 15 is 0 Å².